The third-order valence-electron chi connectivity index (χ3n) is 3.46. The van der Waals surface area contributed by atoms with E-state index in [1.54, 1.807) is 11.3 Å². The van der Waals surface area contributed by atoms with Gasteiger partial charge in [0.25, 0.3) is 5.91 Å². The summed E-state index contributed by atoms with van der Waals surface area (Å²) in [6.07, 6.45) is 1.99. The normalized spacial score (nSPS) is 12.0. The van der Waals surface area contributed by atoms with Crippen LogP contribution in [-0.4, -0.2) is 13.0 Å². The van der Waals surface area contributed by atoms with Crippen molar-refractivity contribution >= 4 is 22.9 Å². The fourth-order valence-corrected chi connectivity index (χ4v) is 3.18. The fourth-order valence-electron chi connectivity index (χ4n) is 2.36. The fraction of sp³-hybridized carbons (Fsp3) is 0.353. The number of carbonyl (C=O) groups excluding carboxylic acids is 1. The van der Waals surface area contributed by atoms with E-state index >= 15 is 0 Å². The smallest absolute Gasteiger partial charge is 0.253 e. The highest BCUT2D eigenvalue weighted by Crippen LogP contribution is 2.25. The highest BCUT2D eigenvalue weighted by atomic mass is 32.1. The second-order valence-corrected chi connectivity index (χ2v) is 6.11. The maximum Gasteiger partial charge on any atom is 0.253 e. The summed E-state index contributed by atoms with van der Waals surface area (Å²) < 4.78 is 0. The lowest BCUT2D eigenvalue weighted by Crippen LogP contribution is -2.28. The third kappa shape index (κ3) is 3.85. The molecule has 1 heterocycles. The number of hydrogen-bond acceptors (Lipinski definition) is 3. The predicted octanol–water partition coefficient (Wildman–Crippen LogP) is 4.37. The van der Waals surface area contributed by atoms with Crippen molar-refractivity contribution in [1.82, 2.24) is 5.32 Å². The quantitative estimate of drug-likeness (QED) is 0.832. The number of anilines is 1. The van der Waals surface area contributed by atoms with Gasteiger partial charge in [-0.1, -0.05) is 25.5 Å². The number of nitrogens with one attached hydrogen (secondary N) is 2. The lowest BCUT2D eigenvalue weighted by Gasteiger charge is -2.18. The first-order valence-corrected chi connectivity index (χ1v) is 8.16. The van der Waals surface area contributed by atoms with Crippen molar-refractivity contribution in [2.45, 2.75) is 32.7 Å². The molecule has 2 N–H and O–H groups in total. The molecule has 1 amide bonds. The van der Waals surface area contributed by atoms with Gasteiger partial charge < -0.3 is 10.6 Å². The van der Waals surface area contributed by atoms with E-state index in [9.17, 15) is 4.79 Å². The van der Waals surface area contributed by atoms with Gasteiger partial charge in [-0.25, -0.2) is 0 Å². The van der Waals surface area contributed by atoms with Crippen LogP contribution in [0.15, 0.2) is 35.7 Å². The highest BCUT2D eigenvalue weighted by molar-refractivity contribution is 7.10. The van der Waals surface area contributed by atoms with E-state index in [1.807, 2.05) is 38.2 Å². The molecule has 2 rings (SSSR count). The second kappa shape index (κ2) is 7.27. The molecule has 0 radical (unpaired) electrons. The number of aryl methyl sites for hydroxylation is 1. The van der Waals surface area contributed by atoms with Crippen LogP contribution in [0.2, 0.25) is 0 Å². The minimum Gasteiger partial charge on any atom is -0.387 e. The van der Waals surface area contributed by atoms with Gasteiger partial charge >= 0.3 is 0 Å². The zero-order valence-electron chi connectivity index (χ0n) is 12.8. The number of benzene rings is 1. The summed E-state index contributed by atoms with van der Waals surface area (Å²) in [6, 6.07) is 10.0. The summed E-state index contributed by atoms with van der Waals surface area (Å²) >= 11 is 1.69. The molecule has 0 bridgehead atoms. The van der Waals surface area contributed by atoms with E-state index in [0.29, 0.717) is 5.56 Å². The summed E-state index contributed by atoms with van der Waals surface area (Å²) in [6.45, 7) is 4.16. The summed E-state index contributed by atoms with van der Waals surface area (Å²) in [5, 5.41) is 8.31. The molecule has 21 heavy (non-hydrogen) atoms. The number of hydrogen-bond donors (Lipinski definition) is 2. The Balaban J connectivity index is 2.19. The molecule has 0 saturated heterocycles. The van der Waals surface area contributed by atoms with Crippen molar-refractivity contribution in [3.8, 4) is 0 Å². The van der Waals surface area contributed by atoms with E-state index < -0.39 is 0 Å². The SMILES string of the molecule is CCCC(NC(=O)c1ccc(C)cc1NC)c1cccs1. The van der Waals surface area contributed by atoms with Crippen molar-refractivity contribution in [3.63, 3.8) is 0 Å². The molecule has 1 aromatic carbocycles. The zero-order chi connectivity index (χ0) is 15.2. The van der Waals surface area contributed by atoms with E-state index in [2.05, 4.69) is 29.0 Å². The maximum absolute atomic E-state index is 12.6. The van der Waals surface area contributed by atoms with Crippen LogP contribution in [0.1, 0.15) is 46.6 Å². The summed E-state index contributed by atoms with van der Waals surface area (Å²) in [7, 11) is 1.84. The van der Waals surface area contributed by atoms with Crippen molar-refractivity contribution in [3.05, 3.63) is 51.7 Å². The van der Waals surface area contributed by atoms with Gasteiger partial charge in [0, 0.05) is 17.6 Å². The monoisotopic (exact) mass is 302 g/mol. The van der Waals surface area contributed by atoms with Crippen LogP contribution >= 0.6 is 11.3 Å². The van der Waals surface area contributed by atoms with Gasteiger partial charge in [-0.2, -0.15) is 0 Å². The number of carbonyl (C=O) groups is 1. The molecule has 2 aromatic rings. The Morgan fingerprint density at radius 1 is 1.33 bits per heavy atom. The maximum atomic E-state index is 12.6. The standard InChI is InChI=1S/C17H22N2OS/c1-4-6-14(16-7-5-10-21-16)19-17(20)13-9-8-12(2)11-15(13)18-3/h5,7-11,14,18H,4,6H2,1-3H3,(H,19,20). The number of thiophene rings is 1. The second-order valence-electron chi connectivity index (χ2n) is 5.13. The van der Waals surface area contributed by atoms with Crippen LogP contribution in [0.5, 0.6) is 0 Å². The van der Waals surface area contributed by atoms with E-state index in [-0.39, 0.29) is 11.9 Å². The Bertz CT molecular complexity index is 593. The van der Waals surface area contributed by atoms with Crippen molar-refractivity contribution in [2.75, 3.05) is 12.4 Å². The van der Waals surface area contributed by atoms with Crippen molar-refractivity contribution < 1.29 is 4.79 Å². The molecule has 1 atom stereocenters. The predicted molar refractivity (Wildman–Crippen MR) is 90.2 cm³/mol. The first-order chi connectivity index (χ1) is 10.2. The Kier molecular flexibility index (Phi) is 5.39. The molecule has 4 heteroatoms. The Hall–Kier alpha value is -1.81. The van der Waals surface area contributed by atoms with Crippen LogP contribution in [0.25, 0.3) is 0 Å². The molecule has 3 nitrogen and oxygen atoms in total. The van der Waals surface area contributed by atoms with Crippen LogP contribution in [0.3, 0.4) is 0 Å². The van der Waals surface area contributed by atoms with Gasteiger partial charge in [-0.3, -0.25) is 4.79 Å². The molecular formula is C17H22N2OS. The van der Waals surface area contributed by atoms with E-state index in [0.717, 1.165) is 24.1 Å². The molecule has 0 saturated carbocycles. The first kappa shape index (κ1) is 15.6. The van der Waals surface area contributed by atoms with Crippen LogP contribution in [0, 0.1) is 6.92 Å². The van der Waals surface area contributed by atoms with Gasteiger partial charge in [0.05, 0.1) is 11.6 Å². The molecule has 0 aliphatic rings. The highest BCUT2D eigenvalue weighted by Gasteiger charge is 2.17. The molecule has 112 valence electrons. The lowest BCUT2D eigenvalue weighted by atomic mass is 10.1. The minimum absolute atomic E-state index is 0.0220. The molecule has 1 unspecified atom stereocenters. The van der Waals surface area contributed by atoms with Gasteiger partial charge in [-0.05, 0) is 42.5 Å². The molecule has 0 aliphatic carbocycles. The van der Waals surface area contributed by atoms with Gasteiger partial charge in [0.2, 0.25) is 0 Å². The van der Waals surface area contributed by atoms with Crippen LogP contribution < -0.4 is 10.6 Å². The van der Waals surface area contributed by atoms with Crippen LogP contribution in [0.4, 0.5) is 5.69 Å². The average Bonchev–Trinajstić information content (AvgIpc) is 3.00. The topological polar surface area (TPSA) is 41.1 Å². The number of amides is 1. The van der Waals surface area contributed by atoms with Crippen molar-refractivity contribution in [2.24, 2.45) is 0 Å². The van der Waals surface area contributed by atoms with Gasteiger partial charge in [0.15, 0.2) is 0 Å². The minimum atomic E-state index is -0.0220. The van der Waals surface area contributed by atoms with E-state index in [4.69, 9.17) is 0 Å². The molecule has 0 spiro atoms. The Labute approximate surface area is 130 Å². The Morgan fingerprint density at radius 2 is 2.14 bits per heavy atom. The molecule has 1 aromatic heterocycles. The Morgan fingerprint density at radius 3 is 2.76 bits per heavy atom. The largest absolute Gasteiger partial charge is 0.387 e. The average molecular weight is 302 g/mol. The zero-order valence-corrected chi connectivity index (χ0v) is 13.6. The molecular weight excluding hydrogens is 280 g/mol. The van der Waals surface area contributed by atoms with Gasteiger partial charge in [-0.15, -0.1) is 11.3 Å². The number of rotatable bonds is 6. The van der Waals surface area contributed by atoms with Gasteiger partial charge in [0.1, 0.15) is 0 Å². The summed E-state index contributed by atoms with van der Waals surface area (Å²) in [5.41, 5.74) is 2.70. The summed E-state index contributed by atoms with van der Waals surface area (Å²) in [4.78, 5) is 13.8. The van der Waals surface area contributed by atoms with Crippen LogP contribution in [-0.2, 0) is 0 Å². The molecule has 0 aliphatic heterocycles. The molecule has 0 fully saturated rings. The van der Waals surface area contributed by atoms with E-state index in [1.165, 1.54) is 4.88 Å². The first-order valence-electron chi connectivity index (χ1n) is 7.28. The lowest BCUT2D eigenvalue weighted by molar-refractivity contribution is 0.0936. The third-order valence-corrected chi connectivity index (χ3v) is 4.44. The van der Waals surface area contributed by atoms with Crippen molar-refractivity contribution in [1.29, 1.82) is 0 Å². The summed E-state index contributed by atoms with van der Waals surface area (Å²) in [5.74, 6) is -0.0220.